The molecule has 47 heavy (non-hydrogen) atoms. The first kappa shape index (κ1) is 30.6. The number of rotatable bonds is 8. The molecule has 1 aliphatic rings. The number of pyridine rings is 2. The molecule has 240 valence electrons. The first-order chi connectivity index (χ1) is 22.6. The lowest BCUT2D eigenvalue weighted by atomic mass is 9.88. The van der Waals surface area contributed by atoms with E-state index >= 15 is 4.39 Å². The maximum atomic E-state index is 15.4. The van der Waals surface area contributed by atoms with E-state index < -0.39 is 21.5 Å². The summed E-state index contributed by atoms with van der Waals surface area (Å²) in [6.45, 7) is 0. The molecule has 0 unspecified atom stereocenters. The predicted octanol–water partition coefficient (Wildman–Crippen LogP) is 6.61. The molecule has 1 fully saturated rings. The second kappa shape index (κ2) is 12.3. The van der Waals surface area contributed by atoms with Crippen molar-refractivity contribution in [3.8, 4) is 33.8 Å². The molecule has 4 heterocycles. The fourth-order valence-electron chi connectivity index (χ4n) is 6.22. The highest BCUT2D eigenvalue weighted by atomic mass is 32.2. The van der Waals surface area contributed by atoms with Gasteiger partial charge in [0.1, 0.15) is 27.2 Å². The number of carbonyl (C=O) groups is 1. The lowest BCUT2D eigenvalue weighted by Gasteiger charge is -2.20. The van der Waals surface area contributed by atoms with Crippen LogP contribution in [0.15, 0.2) is 61.1 Å². The summed E-state index contributed by atoms with van der Waals surface area (Å²) in [5.74, 6) is -0.787. The largest absolute Gasteiger partial charge is 0.335 e. The van der Waals surface area contributed by atoms with Crippen LogP contribution in [0.5, 0.6) is 0 Å². The van der Waals surface area contributed by atoms with E-state index in [-0.39, 0.29) is 29.6 Å². The second-order valence-corrected chi connectivity index (χ2v) is 14.4. The molecule has 0 aliphatic heterocycles. The number of hydrogen-bond acceptors (Lipinski definition) is 7. The Hall–Kier alpha value is -5.04. The van der Waals surface area contributed by atoms with Gasteiger partial charge in [0, 0.05) is 52.7 Å². The molecule has 0 radical (unpaired) electrons. The molecule has 1 amide bonds. The van der Waals surface area contributed by atoms with Gasteiger partial charge in [0.05, 0.1) is 28.7 Å². The molecule has 3 N–H and O–H groups in total. The number of imidazole rings is 1. The van der Waals surface area contributed by atoms with Gasteiger partial charge in [-0.15, -0.1) is 0 Å². The lowest BCUT2D eigenvalue weighted by Crippen LogP contribution is -2.24. The number of H-pyrrole nitrogens is 2. The second-order valence-electron chi connectivity index (χ2n) is 12.1. The number of halogens is 2. The zero-order valence-corrected chi connectivity index (χ0v) is 26.3. The minimum Gasteiger partial charge on any atom is -0.335 e. The molecule has 0 saturated heterocycles. The van der Waals surface area contributed by atoms with Crippen LogP contribution in [-0.4, -0.2) is 56.5 Å². The minimum atomic E-state index is -3.22. The summed E-state index contributed by atoms with van der Waals surface area (Å²) in [7, 11) is -3.22. The first-order valence-corrected chi connectivity index (χ1v) is 17.4. The maximum absolute atomic E-state index is 15.4. The summed E-state index contributed by atoms with van der Waals surface area (Å²) < 4.78 is 53.5. The molecular weight excluding hydrogens is 624 g/mol. The third-order valence-electron chi connectivity index (χ3n) is 8.59. The molecule has 6 aromatic rings. The van der Waals surface area contributed by atoms with E-state index in [1.807, 2.05) is 0 Å². The highest BCUT2D eigenvalue weighted by molar-refractivity contribution is 7.90. The molecular formula is C34H31F2N7O3S. The van der Waals surface area contributed by atoms with E-state index in [4.69, 9.17) is 0 Å². The fourth-order valence-corrected chi connectivity index (χ4v) is 6.83. The number of sulfone groups is 1. The molecule has 0 spiro atoms. The fraction of sp³-hybridized carbons (Fsp3) is 0.265. The lowest BCUT2D eigenvalue weighted by molar-refractivity contribution is -0.120. The van der Waals surface area contributed by atoms with Crippen molar-refractivity contribution >= 4 is 43.5 Å². The van der Waals surface area contributed by atoms with Crippen LogP contribution >= 0.6 is 0 Å². The Bertz CT molecular complexity index is 2260. The molecule has 0 bridgehead atoms. The highest BCUT2D eigenvalue weighted by Crippen LogP contribution is 2.35. The van der Waals surface area contributed by atoms with Crippen molar-refractivity contribution in [1.82, 2.24) is 30.1 Å². The third-order valence-corrected chi connectivity index (χ3v) is 9.54. The third kappa shape index (κ3) is 6.48. The number of nitrogens with one attached hydrogen (secondary N) is 3. The zero-order valence-electron chi connectivity index (χ0n) is 25.5. The number of aromatic nitrogens is 6. The Morgan fingerprint density at radius 2 is 1.83 bits per heavy atom. The van der Waals surface area contributed by atoms with Gasteiger partial charge in [0.25, 0.3) is 0 Å². The number of nitrogens with zero attached hydrogens (tertiary/aromatic N) is 4. The van der Waals surface area contributed by atoms with E-state index in [1.165, 1.54) is 18.2 Å². The average molecular weight is 656 g/mol. The van der Waals surface area contributed by atoms with Crippen molar-refractivity contribution in [1.29, 1.82) is 0 Å². The van der Waals surface area contributed by atoms with Gasteiger partial charge >= 0.3 is 0 Å². The molecule has 13 heteroatoms. The average Bonchev–Trinajstić information content (AvgIpc) is 3.67. The SMILES string of the molecule is CS(=O)(=O)CCc1cc(F)cc(-c2ccnc3nc(-c4n[nH]c5cc(F)c(-c6cncc(NC(=O)C7CCCCC7)c6)cc45)[nH]c23)c1. The van der Waals surface area contributed by atoms with Crippen LogP contribution in [0.1, 0.15) is 37.7 Å². The van der Waals surface area contributed by atoms with Gasteiger partial charge in [-0.3, -0.25) is 14.9 Å². The van der Waals surface area contributed by atoms with Gasteiger partial charge in [0.2, 0.25) is 5.91 Å². The standard InChI is InChI=1S/C34H31F2N7O3S/c1-47(45,46)10-8-19-11-21(13-23(35)12-19)25-7-9-38-32-30(25)40-33(41-32)31-27-15-26(28(36)16-29(27)42-43-31)22-14-24(18-37-17-22)39-34(44)20-5-3-2-4-6-20/h7,9,11-18,20H,2-6,8,10H2,1H3,(H,39,44)(H,42,43)(H,38,40,41). The highest BCUT2D eigenvalue weighted by Gasteiger charge is 2.22. The van der Waals surface area contributed by atoms with Crippen molar-refractivity contribution in [2.45, 2.75) is 38.5 Å². The van der Waals surface area contributed by atoms with E-state index in [9.17, 15) is 17.6 Å². The molecule has 1 aliphatic carbocycles. The van der Waals surface area contributed by atoms with Crippen molar-refractivity contribution < 1.29 is 22.0 Å². The van der Waals surface area contributed by atoms with Gasteiger partial charge in [-0.1, -0.05) is 25.3 Å². The van der Waals surface area contributed by atoms with E-state index in [0.29, 0.717) is 61.5 Å². The van der Waals surface area contributed by atoms with Crippen LogP contribution in [0.4, 0.5) is 14.5 Å². The van der Waals surface area contributed by atoms with E-state index in [2.05, 4.69) is 35.5 Å². The van der Waals surface area contributed by atoms with Crippen LogP contribution in [0, 0.1) is 17.6 Å². The first-order valence-electron chi connectivity index (χ1n) is 15.4. The van der Waals surface area contributed by atoms with Gasteiger partial charge in [-0.25, -0.2) is 27.2 Å². The number of amides is 1. The molecule has 4 aromatic heterocycles. The Labute approximate surface area is 269 Å². The molecule has 10 nitrogen and oxygen atoms in total. The molecule has 0 atom stereocenters. The molecule has 1 saturated carbocycles. The Kier molecular flexibility index (Phi) is 8.00. The normalized spacial score (nSPS) is 14.2. The topological polar surface area (TPSA) is 146 Å². The smallest absolute Gasteiger partial charge is 0.227 e. The Morgan fingerprint density at radius 1 is 1.00 bits per heavy atom. The van der Waals surface area contributed by atoms with Gasteiger partial charge in [-0.05, 0) is 60.7 Å². The number of carbonyl (C=O) groups excluding carboxylic acids is 1. The number of anilines is 1. The number of fused-ring (bicyclic) bond motifs is 2. The van der Waals surface area contributed by atoms with Crippen LogP contribution in [0.3, 0.4) is 0 Å². The zero-order chi connectivity index (χ0) is 32.7. The van der Waals surface area contributed by atoms with E-state index in [0.717, 1.165) is 38.4 Å². The van der Waals surface area contributed by atoms with Crippen LogP contribution in [0.2, 0.25) is 0 Å². The van der Waals surface area contributed by atoms with Crippen LogP contribution in [0.25, 0.3) is 55.8 Å². The summed E-state index contributed by atoms with van der Waals surface area (Å²) in [4.78, 5) is 29.4. The summed E-state index contributed by atoms with van der Waals surface area (Å²) in [6.07, 6.45) is 10.9. The maximum Gasteiger partial charge on any atom is 0.227 e. The summed E-state index contributed by atoms with van der Waals surface area (Å²) in [6, 6.07) is 10.9. The molecule has 7 rings (SSSR count). The summed E-state index contributed by atoms with van der Waals surface area (Å²) in [5.41, 5.74) is 4.75. The quantitative estimate of drug-likeness (QED) is 0.167. The van der Waals surface area contributed by atoms with Gasteiger partial charge < -0.3 is 10.3 Å². The minimum absolute atomic E-state index is 0.0318. The Balaban J connectivity index is 1.23. The molecule has 2 aromatic carbocycles. The Morgan fingerprint density at radius 3 is 2.64 bits per heavy atom. The van der Waals surface area contributed by atoms with Crippen molar-refractivity contribution in [2.75, 3.05) is 17.3 Å². The van der Waals surface area contributed by atoms with Crippen molar-refractivity contribution in [3.05, 3.63) is 78.3 Å². The van der Waals surface area contributed by atoms with Crippen LogP contribution < -0.4 is 5.32 Å². The number of aryl methyl sites for hydroxylation is 1. The monoisotopic (exact) mass is 655 g/mol. The van der Waals surface area contributed by atoms with E-state index in [1.54, 1.807) is 42.9 Å². The van der Waals surface area contributed by atoms with Crippen molar-refractivity contribution in [2.24, 2.45) is 5.92 Å². The number of benzene rings is 2. The van der Waals surface area contributed by atoms with Gasteiger partial charge in [-0.2, -0.15) is 5.10 Å². The predicted molar refractivity (Wildman–Crippen MR) is 176 cm³/mol. The summed E-state index contributed by atoms with van der Waals surface area (Å²) in [5, 5.41) is 10.8. The van der Waals surface area contributed by atoms with Gasteiger partial charge in [0.15, 0.2) is 11.5 Å². The number of aromatic amines is 2. The number of hydrogen-bond donors (Lipinski definition) is 3. The van der Waals surface area contributed by atoms with Crippen LogP contribution in [-0.2, 0) is 21.1 Å². The summed E-state index contributed by atoms with van der Waals surface area (Å²) >= 11 is 0. The van der Waals surface area contributed by atoms with Crippen molar-refractivity contribution in [3.63, 3.8) is 0 Å².